The van der Waals surface area contributed by atoms with Gasteiger partial charge in [0.05, 0.1) is 5.69 Å². The molecule has 0 aliphatic rings. The second kappa shape index (κ2) is 4.09. The minimum Gasteiger partial charge on any atom is -0.357 e. The molecule has 0 amide bonds. The summed E-state index contributed by atoms with van der Waals surface area (Å²) in [5.74, 6) is 0.661. The second-order valence-electron chi connectivity index (χ2n) is 3.33. The molecule has 0 spiro atoms. The SMILES string of the molecule is CNc1nc(C)cc(-c2ccccc2)n1. The second-order valence-corrected chi connectivity index (χ2v) is 3.33. The summed E-state index contributed by atoms with van der Waals surface area (Å²) in [5, 5.41) is 2.96. The third-order valence-corrected chi connectivity index (χ3v) is 2.15. The molecule has 0 saturated carbocycles. The van der Waals surface area contributed by atoms with Crippen LogP contribution in [-0.2, 0) is 0 Å². The van der Waals surface area contributed by atoms with Crippen LogP contribution in [0.1, 0.15) is 5.69 Å². The van der Waals surface area contributed by atoms with Crippen LogP contribution in [0.25, 0.3) is 11.3 Å². The summed E-state index contributed by atoms with van der Waals surface area (Å²) in [5.41, 5.74) is 3.03. The molecular weight excluding hydrogens is 186 g/mol. The van der Waals surface area contributed by atoms with E-state index in [0.29, 0.717) is 5.95 Å². The molecule has 2 rings (SSSR count). The Balaban J connectivity index is 2.49. The average Bonchev–Trinajstić information content (AvgIpc) is 2.29. The van der Waals surface area contributed by atoms with Crippen molar-refractivity contribution in [2.75, 3.05) is 12.4 Å². The fraction of sp³-hybridized carbons (Fsp3) is 0.167. The summed E-state index contributed by atoms with van der Waals surface area (Å²) in [6, 6.07) is 12.1. The van der Waals surface area contributed by atoms with Crippen LogP contribution in [0, 0.1) is 6.92 Å². The number of hydrogen-bond donors (Lipinski definition) is 1. The molecule has 3 nitrogen and oxygen atoms in total. The van der Waals surface area contributed by atoms with Gasteiger partial charge in [0.25, 0.3) is 0 Å². The summed E-state index contributed by atoms with van der Waals surface area (Å²) >= 11 is 0. The molecule has 0 bridgehead atoms. The lowest BCUT2D eigenvalue weighted by Gasteiger charge is -2.04. The number of nitrogens with one attached hydrogen (secondary N) is 1. The first-order valence-corrected chi connectivity index (χ1v) is 4.88. The lowest BCUT2D eigenvalue weighted by molar-refractivity contribution is 1.10. The van der Waals surface area contributed by atoms with Gasteiger partial charge in [-0.3, -0.25) is 0 Å². The van der Waals surface area contributed by atoms with E-state index in [1.807, 2.05) is 50.4 Å². The van der Waals surface area contributed by atoms with Crippen LogP contribution >= 0.6 is 0 Å². The van der Waals surface area contributed by atoms with Crippen LogP contribution < -0.4 is 5.32 Å². The van der Waals surface area contributed by atoms with E-state index >= 15 is 0 Å². The number of rotatable bonds is 2. The van der Waals surface area contributed by atoms with Gasteiger partial charge >= 0.3 is 0 Å². The maximum atomic E-state index is 4.40. The van der Waals surface area contributed by atoms with E-state index < -0.39 is 0 Å². The lowest BCUT2D eigenvalue weighted by atomic mass is 10.1. The predicted molar refractivity (Wildman–Crippen MR) is 61.8 cm³/mol. The predicted octanol–water partition coefficient (Wildman–Crippen LogP) is 2.49. The maximum Gasteiger partial charge on any atom is 0.223 e. The zero-order chi connectivity index (χ0) is 10.7. The monoisotopic (exact) mass is 199 g/mol. The van der Waals surface area contributed by atoms with E-state index in [1.165, 1.54) is 0 Å². The molecule has 0 unspecified atom stereocenters. The van der Waals surface area contributed by atoms with Gasteiger partial charge in [0.15, 0.2) is 0 Å². The summed E-state index contributed by atoms with van der Waals surface area (Å²) in [6.45, 7) is 1.97. The summed E-state index contributed by atoms with van der Waals surface area (Å²) in [7, 11) is 1.82. The van der Waals surface area contributed by atoms with Crippen molar-refractivity contribution in [3.8, 4) is 11.3 Å². The van der Waals surface area contributed by atoms with Crippen LogP contribution in [0.5, 0.6) is 0 Å². The van der Waals surface area contributed by atoms with Gasteiger partial charge in [0.2, 0.25) is 5.95 Å². The van der Waals surface area contributed by atoms with Crippen molar-refractivity contribution in [3.05, 3.63) is 42.1 Å². The van der Waals surface area contributed by atoms with E-state index in [0.717, 1.165) is 17.0 Å². The van der Waals surface area contributed by atoms with Crippen LogP contribution in [-0.4, -0.2) is 17.0 Å². The Kier molecular flexibility index (Phi) is 2.63. The Morgan fingerprint density at radius 2 is 1.80 bits per heavy atom. The summed E-state index contributed by atoms with van der Waals surface area (Å²) in [6.07, 6.45) is 0. The first kappa shape index (κ1) is 9.65. The molecule has 1 aromatic carbocycles. The van der Waals surface area contributed by atoms with Gasteiger partial charge in [0, 0.05) is 18.3 Å². The average molecular weight is 199 g/mol. The van der Waals surface area contributed by atoms with Gasteiger partial charge in [-0.05, 0) is 13.0 Å². The van der Waals surface area contributed by atoms with E-state index in [2.05, 4.69) is 15.3 Å². The first-order valence-electron chi connectivity index (χ1n) is 4.88. The van der Waals surface area contributed by atoms with E-state index in [9.17, 15) is 0 Å². The molecule has 0 fully saturated rings. The fourth-order valence-electron chi connectivity index (χ4n) is 1.44. The van der Waals surface area contributed by atoms with Crippen molar-refractivity contribution in [1.82, 2.24) is 9.97 Å². The van der Waals surface area contributed by atoms with Crippen molar-refractivity contribution in [3.63, 3.8) is 0 Å². The minimum atomic E-state index is 0.661. The first-order chi connectivity index (χ1) is 7.29. The van der Waals surface area contributed by atoms with E-state index in [1.54, 1.807) is 0 Å². The third kappa shape index (κ3) is 2.13. The summed E-state index contributed by atoms with van der Waals surface area (Å²) < 4.78 is 0. The largest absolute Gasteiger partial charge is 0.357 e. The minimum absolute atomic E-state index is 0.661. The highest BCUT2D eigenvalue weighted by molar-refractivity contribution is 5.60. The van der Waals surface area contributed by atoms with Crippen molar-refractivity contribution in [1.29, 1.82) is 0 Å². The van der Waals surface area contributed by atoms with Gasteiger partial charge in [-0.2, -0.15) is 0 Å². The van der Waals surface area contributed by atoms with Crippen LogP contribution in [0.2, 0.25) is 0 Å². The van der Waals surface area contributed by atoms with Gasteiger partial charge in [-0.15, -0.1) is 0 Å². The summed E-state index contributed by atoms with van der Waals surface area (Å²) in [4.78, 5) is 8.66. The zero-order valence-electron chi connectivity index (χ0n) is 8.86. The molecular formula is C12H13N3. The molecule has 1 aromatic heterocycles. The number of hydrogen-bond acceptors (Lipinski definition) is 3. The highest BCUT2D eigenvalue weighted by Crippen LogP contribution is 2.18. The standard InChI is InChI=1S/C12H13N3/c1-9-8-11(15-12(13-2)14-9)10-6-4-3-5-7-10/h3-8H,1-2H3,(H,13,14,15). The van der Waals surface area contributed by atoms with Crippen LogP contribution in [0.3, 0.4) is 0 Å². The Morgan fingerprint density at radius 3 is 2.47 bits per heavy atom. The molecule has 15 heavy (non-hydrogen) atoms. The smallest absolute Gasteiger partial charge is 0.223 e. The Labute approximate surface area is 89.2 Å². The molecule has 2 aromatic rings. The number of benzene rings is 1. The van der Waals surface area contributed by atoms with Crippen LogP contribution in [0.4, 0.5) is 5.95 Å². The van der Waals surface area contributed by atoms with Crippen molar-refractivity contribution in [2.45, 2.75) is 6.92 Å². The van der Waals surface area contributed by atoms with E-state index in [-0.39, 0.29) is 0 Å². The van der Waals surface area contributed by atoms with Gasteiger partial charge < -0.3 is 5.32 Å². The van der Waals surface area contributed by atoms with Gasteiger partial charge in [-0.1, -0.05) is 30.3 Å². The molecule has 1 N–H and O–H groups in total. The van der Waals surface area contributed by atoms with Gasteiger partial charge in [-0.25, -0.2) is 9.97 Å². The molecule has 0 aliphatic carbocycles. The fourth-order valence-corrected chi connectivity index (χ4v) is 1.44. The lowest BCUT2D eigenvalue weighted by Crippen LogP contribution is -1.99. The van der Waals surface area contributed by atoms with Crippen molar-refractivity contribution < 1.29 is 0 Å². The maximum absolute atomic E-state index is 4.40. The third-order valence-electron chi connectivity index (χ3n) is 2.15. The zero-order valence-corrected chi connectivity index (χ0v) is 8.86. The Bertz CT molecular complexity index is 452. The molecule has 0 radical (unpaired) electrons. The normalized spacial score (nSPS) is 10.0. The van der Waals surface area contributed by atoms with Crippen molar-refractivity contribution in [2.24, 2.45) is 0 Å². The number of aryl methyl sites for hydroxylation is 1. The molecule has 76 valence electrons. The van der Waals surface area contributed by atoms with E-state index in [4.69, 9.17) is 0 Å². The molecule has 0 aliphatic heterocycles. The Hall–Kier alpha value is -1.90. The molecule has 3 heteroatoms. The highest BCUT2D eigenvalue weighted by atomic mass is 15.1. The molecule has 0 atom stereocenters. The quantitative estimate of drug-likeness (QED) is 0.807. The molecule has 1 heterocycles. The number of anilines is 1. The van der Waals surface area contributed by atoms with Gasteiger partial charge in [0.1, 0.15) is 0 Å². The topological polar surface area (TPSA) is 37.8 Å². The number of nitrogens with zero attached hydrogens (tertiary/aromatic N) is 2. The van der Waals surface area contributed by atoms with Crippen molar-refractivity contribution >= 4 is 5.95 Å². The number of aromatic nitrogens is 2. The van der Waals surface area contributed by atoms with Crippen LogP contribution in [0.15, 0.2) is 36.4 Å². The highest BCUT2D eigenvalue weighted by Gasteiger charge is 2.02. The molecule has 0 saturated heterocycles. The Morgan fingerprint density at radius 1 is 1.07 bits per heavy atom.